The molecule has 0 bridgehead atoms. The number of nitrogens with zero attached hydrogens (tertiary/aromatic N) is 3. The van der Waals surface area contributed by atoms with Crippen LogP contribution in [0.4, 0.5) is 5.82 Å². The molecule has 0 amide bonds. The van der Waals surface area contributed by atoms with E-state index in [2.05, 4.69) is 4.98 Å². The van der Waals surface area contributed by atoms with Gasteiger partial charge in [-0.15, -0.1) is 0 Å². The lowest BCUT2D eigenvalue weighted by molar-refractivity contribution is 0.0311. The van der Waals surface area contributed by atoms with Gasteiger partial charge in [0.1, 0.15) is 5.82 Å². The van der Waals surface area contributed by atoms with Crippen LogP contribution in [0.2, 0.25) is 0 Å². The fraction of sp³-hybridized carbons (Fsp3) is 0.400. The molecule has 0 spiro atoms. The zero-order chi connectivity index (χ0) is 13.2. The molecular formula is C10H12N4O3S. The molecule has 96 valence electrons. The lowest BCUT2D eigenvalue weighted by atomic mass is 10.3. The highest BCUT2D eigenvalue weighted by Gasteiger charge is 2.30. The Balaban J connectivity index is 2.29. The molecule has 7 nitrogen and oxygen atoms in total. The third-order valence-corrected chi connectivity index (χ3v) is 4.42. The molecule has 2 heterocycles. The third kappa shape index (κ3) is 2.43. The number of aromatic nitrogens is 1. The molecule has 1 aromatic rings. The van der Waals surface area contributed by atoms with Crippen LogP contribution in [0.25, 0.3) is 0 Å². The molecule has 0 aromatic carbocycles. The van der Waals surface area contributed by atoms with Gasteiger partial charge < -0.3 is 10.5 Å². The number of pyridine rings is 1. The first-order chi connectivity index (χ1) is 8.54. The maximum atomic E-state index is 12.3. The fourth-order valence-electron chi connectivity index (χ4n) is 1.66. The van der Waals surface area contributed by atoms with Gasteiger partial charge >= 0.3 is 0 Å². The number of nitrogen functional groups attached to an aromatic ring is 1. The minimum Gasteiger partial charge on any atom is -0.384 e. The molecule has 1 aliphatic rings. The van der Waals surface area contributed by atoms with Crippen LogP contribution in [-0.2, 0) is 14.8 Å². The lowest BCUT2D eigenvalue weighted by Crippen LogP contribution is -2.45. The molecule has 1 unspecified atom stereocenters. The van der Waals surface area contributed by atoms with E-state index in [0.29, 0.717) is 0 Å². The van der Waals surface area contributed by atoms with E-state index < -0.39 is 16.1 Å². The lowest BCUT2D eigenvalue weighted by Gasteiger charge is -2.28. The number of hydrogen-bond acceptors (Lipinski definition) is 6. The van der Waals surface area contributed by atoms with Crippen LogP contribution in [0, 0.1) is 11.3 Å². The van der Waals surface area contributed by atoms with Crippen molar-refractivity contribution in [2.75, 3.05) is 25.4 Å². The van der Waals surface area contributed by atoms with Gasteiger partial charge in [0.25, 0.3) is 0 Å². The summed E-state index contributed by atoms with van der Waals surface area (Å²) in [5, 5.41) is 8.76. The summed E-state index contributed by atoms with van der Waals surface area (Å²) in [7, 11) is -3.65. The van der Waals surface area contributed by atoms with Crippen molar-refractivity contribution in [1.29, 1.82) is 5.26 Å². The van der Waals surface area contributed by atoms with E-state index >= 15 is 0 Å². The van der Waals surface area contributed by atoms with Crippen LogP contribution in [-0.4, -0.2) is 43.5 Å². The van der Waals surface area contributed by atoms with Gasteiger partial charge in [0, 0.05) is 18.8 Å². The number of nitriles is 1. The zero-order valence-corrected chi connectivity index (χ0v) is 10.3. The van der Waals surface area contributed by atoms with Gasteiger partial charge in [0.2, 0.25) is 10.0 Å². The molecule has 1 fully saturated rings. The Morgan fingerprint density at radius 1 is 1.61 bits per heavy atom. The van der Waals surface area contributed by atoms with E-state index in [1.165, 1.54) is 22.6 Å². The number of nitrogens with two attached hydrogens (primary N) is 1. The standard InChI is InChI=1S/C10H12N4O3S/c11-6-8-7-14(3-4-17-8)18(15,16)9-1-2-13-10(12)5-9/h1-2,5,8H,3-4,7H2,(H2,12,13). The van der Waals surface area contributed by atoms with Crippen LogP contribution in [0.15, 0.2) is 23.2 Å². The summed E-state index contributed by atoms with van der Waals surface area (Å²) in [5.74, 6) is 0.140. The first kappa shape index (κ1) is 12.8. The van der Waals surface area contributed by atoms with E-state index in [9.17, 15) is 8.42 Å². The third-order valence-electron chi connectivity index (χ3n) is 2.56. The highest BCUT2D eigenvalue weighted by molar-refractivity contribution is 7.89. The Kier molecular flexibility index (Phi) is 3.47. The number of sulfonamides is 1. The summed E-state index contributed by atoms with van der Waals surface area (Å²) in [6.07, 6.45) is 0.609. The van der Waals surface area contributed by atoms with Crippen molar-refractivity contribution < 1.29 is 13.2 Å². The number of hydrogen-bond donors (Lipinski definition) is 1. The molecule has 2 rings (SSSR count). The van der Waals surface area contributed by atoms with Gasteiger partial charge in [-0.05, 0) is 6.07 Å². The molecule has 8 heteroatoms. The topological polar surface area (TPSA) is 109 Å². The van der Waals surface area contributed by atoms with Crippen LogP contribution >= 0.6 is 0 Å². The first-order valence-corrected chi connectivity index (χ1v) is 6.71. The number of morpholine rings is 1. The summed E-state index contributed by atoms with van der Waals surface area (Å²) in [6.45, 7) is 0.460. The smallest absolute Gasteiger partial charge is 0.243 e. The Labute approximate surface area is 105 Å². The Morgan fingerprint density at radius 3 is 3.06 bits per heavy atom. The van der Waals surface area contributed by atoms with E-state index in [0.717, 1.165) is 0 Å². The van der Waals surface area contributed by atoms with Gasteiger partial charge in [-0.1, -0.05) is 0 Å². The van der Waals surface area contributed by atoms with Crippen molar-refractivity contribution in [3.05, 3.63) is 18.3 Å². The second kappa shape index (κ2) is 4.89. The molecule has 1 atom stereocenters. The summed E-state index contributed by atoms with van der Waals surface area (Å²) in [6, 6.07) is 4.58. The quantitative estimate of drug-likeness (QED) is 0.780. The van der Waals surface area contributed by atoms with Gasteiger partial charge in [0.05, 0.1) is 24.1 Å². The Morgan fingerprint density at radius 2 is 2.39 bits per heavy atom. The van der Waals surface area contributed by atoms with Crippen molar-refractivity contribution in [3.8, 4) is 6.07 Å². The van der Waals surface area contributed by atoms with Crippen molar-refractivity contribution in [1.82, 2.24) is 9.29 Å². The Bertz CT molecular complexity index is 581. The highest BCUT2D eigenvalue weighted by Crippen LogP contribution is 2.19. The predicted molar refractivity (Wildman–Crippen MR) is 62.8 cm³/mol. The minimum atomic E-state index is -3.65. The van der Waals surface area contributed by atoms with Crippen LogP contribution in [0.5, 0.6) is 0 Å². The second-order valence-electron chi connectivity index (χ2n) is 3.77. The molecule has 0 radical (unpaired) electrons. The highest BCUT2D eigenvalue weighted by atomic mass is 32.2. The summed E-state index contributed by atoms with van der Waals surface area (Å²) in [5.41, 5.74) is 5.47. The largest absolute Gasteiger partial charge is 0.384 e. The maximum absolute atomic E-state index is 12.3. The average Bonchev–Trinajstić information content (AvgIpc) is 2.39. The van der Waals surface area contributed by atoms with Crippen molar-refractivity contribution in [2.45, 2.75) is 11.0 Å². The summed E-state index contributed by atoms with van der Waals surface area (Å²) < 4.78 is 30.9. The second-order valence-corrected chi connectivity index (χ2v) is 5.71. The van der Waals surface area contributed by atoms with Crippen molar-refractivity contribution in [3.63, 3.8) is 0 Å². The molecule has 0 aliphatic carbocycles. The average molecular weight is 268 g/mol. The van der Waals surface area contributed by atoms with E-state index in [1.807, 2.05) is 6.07 Å². The predicted octanol–water partition coefficient (Wildman–Crippen LogP) is -0.423. The Hall–Kier alpha value is -1.69. The van der Waals surface area contributed by atoms with E-state index in [-0.39, 0.29) is 30.4 Å². The minimum absolute atomic E-state index is 0.0288. The zero-order valence-electron chi connectivity index (χ0n) is 9.48. The summed E-state index contributed by atoms with van der Waals surface area (Å²) >= 11 is 0. The van der Waals surface area contributed by atoms with Gasteiger partial charge in [0.15, 0.2) is 6.10 Å². The molecular weight excluding hydrogens is 256 g/mol. The normalized spacial score (nSPS) is 21.4. The molecule has 0 saturated carbocycles. The summed E-state index contributed by atoms with van der Waals surface area (Å²) in [4.78, 5) is 3.82. The number of ether oxygens (including phenoxy) is 1. The first-order valence-electron chi connectivity index (χ1n) is 5.27. The molecule has 1 saturated heterocycles. The van der Waals surface area contributed by atoms with Crippen LogP contribution < -0.4 is 5.73 Å². The van der Waals surface area contributed by atoms with Crippen LogP contribution in [0.3, 0.4) is 0 Å². The monoisotopic (exact) mass is 268 g/mol. The van der Waals surface area contributed by atoms with Crippen LogP contribution in [0.1, 0.15) is 0 Å². The molecule has 1 aromatic heterocycles. The van der Waals surface area contributed by atoms with E-state index in [1.54, 1.807) is 0 Å². The number of rotatable bonds is 2. The van der Waals surface area contributed by atoms with Gasteiger partial charge in [-0.25, -0.2) is 13.4 Å². The van der Waals surface area contributed by atoms with E-state index in [4.69, 9.17) is 15.7 Å². The van der Waals surface area contributed by atoms with Crippen molar-refractivity contribution in [2.24, 2.45) is 0 Å². The maximum Gasteiger partial charge on any atom is 0.243 e. The molecule has 18 heavy (non-hydrogen) atoms. The molecule has 2 N–H and O–H groups in total. The SMILES string of the molecule is N#CC1CN(S(=O)(=O)c2ccnc(N)c2)CCO1. The number of anilines is 1. The van der Waals surface area contributed by atoms with Gasteiger partial charge in [-0.2, -0.15) is 9.57 Å². The van der Waals surface area contributed by atoms with Gasteiger partial charge in [-0.3, -0.25) is 0 Å². The molecule has 1 aliphatic heterocycles. The van der Waals surface area contributed by atoms with Crippen molar-refractivity contribution >= 4 is 15.8 Å². The fourth-order valence-corrected chi connectivity index (χ4v) is 3.11.